The fourth-order valence-electron chi connectivity index (χ4n) is 2.92. The molecule has 1 aliphatic heterocycles. The van der Waals surface area contributed by atoms with Gasteiger partial charge in [0, 0.05) is 25.8 Å². The van der Waals surface area contributed by atoms with Gasteiger partial charge >= 0.3 is 0 Å². The van der Waals surface area contributed by atoms with E-state index in [9.17, 15) is 4.79 Å². The first kappa shape index (κ1) is 14.7. The van der Waals surface area contributed by atoms with Crippen LogP contribution in [0.2, 0.25) is 0 Å². The van der Waals surface area contributed by atoms with Crippen LogP contribution in [-0.2, 0) is 11.3 Å². The van der Waals surface area contributed by atoms with Crippen molar-refractivity contribution in [1.29, 1.82) is 0 Å². The zero-order valence-corrected chi connectivity index (χ0v) is 12.4. The third-order valence-corrected chi connectivity index (χ3v) is 4.04. The van der Waals surface area contributed by atoms with Crippen molar-refractivity contribution in [3.05, 3.63) is 47.5 Å². The summed E-state index contributed by atoms with van der Waals surface area (Å²) in [6, 6.07) is 7.53. The minimum atomic E-state index is -0.412. The third kappa shape index (κ3) is 3.00. The summed E-state index contributed by atoms with van der Waals surface area (Å²) in [5, 5.41) is 6.87. The van der Waals surface area contributed by atoms with E-state index in [1.807, 2.05) is 18.2 Å². The Morgan fingerprint density at radius 3 is 3.09 bits per heavy atom. The van der Waals surface area contributed by atoms with Crippen LogP contribution >= 0.6 is 0 Å². The number of aromatic amines is 1. The van der Waals surface area contributed by atoms with Gasteiger partial charge in [-0.15, -0.1) is 0 Å². The summed E-state index contributed by atoms with van der Waals surface area (Å²) in [6.07, 6.45) is 2.54. The predicted octanol–water partition coefficient (Wildman–Crippen LogP) is 0.866. The summed E-state index contributed by atoms with van der Waals surface area (Å²) >= 11 is 0. The lowest BCUT2D eigenvalue weighted by atomic mass is 10.1. The van der Waals surface area contributed by atoms with E-state index >= 15 is 0 Å². The Morgan fingerprint density at radius 1 is 1.55 bits per heavy atom. The molecular formula is C15H19N5O2. The quantitative estimate of drug-likeness (QED) is 0.854. The van der Waals surface area contributed by atoms with Crippen molar-refractivity contribution >= 4 is 5.91 Å². The van der Waals surface area contributed by atoms with Crippen molar-refractivity contribution in [3.63, 3.8) is 0 Å². The number of H-pyrrole nitrogens is 1. The van der Waals surface area contributed by atoms with Crippen LogP contribution in [-0.4, -0.2) is 45.7 Å². The smallest absolute Gasteiger partial charge is 0.248 e. The largest absolute Gasteiger partial charge is 0.380 e. The molecular weight excluding hydrogens is 282 g/mol. The van der Waals surface area contributed by atoms with Gasteiger partial charge in [-0.3, -0.25) is 14.8 Å². The molecule has 1 saturated heterocycles. The highest BCUT2D eigenvalue weighted by Gasteiger charge is 2.34. The number of nitrogens with zero attached hydrogens (tertiary/aromatic N) is 3. The second-order valence-corrected chi connectivity index (χ2v) is 5.47. The number of benzene rings is 1. The highest BCUT2D eigenvalue weighted by Crippen LogP contribution is 2.32. The van der Waals surface area contributed by atoms with Crippen LogP contribution in [0.5, 0.6) is 0 Å². The van der Waals surface area contributed by atoms with Crippen molar-refractivity contribution < 1.29 is 9.53 Å². The molecule has 22 heavy (non-hydrogen) atoms. The summed E-state index contributed by atoms with van der Waals surface area (Å²) in [4.78, 5) is 17.8. The molecule has 0 aliphatic carbocycles. The van der Waals surface area contributed by atoms with Crippen molar-refractivity contribution in [2.24, 2.45) is 5.73 Å². The van der Waals surface area contributed by atoms with E-state index in [-0.39, 0.29) is 12.1 Å². The minimum absolute atomic E-state index is 0.129. The van der Waals surface area contributed by atoms with E-state index in [0.29, 0.717) is 12.1 Å². The van der Waals surface area contributed by atoms with Crippen molar-refractivity contribution in [2.45, 2.75) is 25.1 Å². The number of primary amides is 1. The van der Waals surface area contributed by atoms with Crippen LogP contribution in [0.3, 0.4) is 0 Å². The van der Waals surface area contributed by atoms with E-state index in [1.165, 1.54) is 6.33 Å². The lowest BCUT2D eigenvalue weighted by molar-refractivity contribution is 0.0999. The number of rotatable bonds is 5. The number of nitrogens with one attached hydrogen (secondary N) is 1. The number of carbonyl (C=O) groups is 1. The highest BCUT2D eigenvalue weighted by molar-refractivity contribution is 5.92. The highest BCUT2D eigenvalue weighted by atomic mass is 16.5. The van der Waals surface area contributed by atoms with E-state index in [0.717, 1.165) is 24.4 Å². The number of methoxy groups -OCH3 is 1. The Kier molecular flexibility index (Phi) is 4.17. The summed E-state index contributed by atoms with van der Waals surface area (Å²) in [5.41, 5.74) is 6.91. The van der Waals surface area contributed by atoms with Crippen molar-refractivity contribution in [2.75, 3.05) is 13.7 Å². The van der Waals surface area contributed by atoms with Crippen molar-refractivity contribution in [3.8, 4) is 0 Å². The first-order valence-electron chi connectivity index (χ1n) is 7.18. The molecule has 1 aliphatic rings. The molecule has 0 bridgehead atoms. The van der Waals surface area contributed by atoms with Gasteiger partial charge in [0.25, 0.3) is 0 Å². The zero-order valence-electron chi connectivity index (χ0n) is 12.4. The maximum absolute atomic E-state index is 11.3. The Bertz CT molecular complexity index is 643. The SMILES string of the molecule is CO[C@@H]1C[C@@H](c2ncn[nH]2)N(Cc2cccc(C(N)=O)c2)C1. The van der Waals surface area contributed by atoms with Gasteiger partial charge in [-0.25, -0.2) is 4.98 Å². The van der Waals surface area contributed by atoms with Crippen LogP contribution in [0.15, 0.2) is 30.6 Å². The molecule has 3 rings (SSSR count). The number of ether oxygens (including phenoxy) is 1. The molecule has 0 unspecified atom stereocenters. The monoisotopic (exact) mass is 301 g/mol. The van der Waals surface area contributed by atoms with Crippen molar-refractivity contribution in [1.82, 2.24) is 20.1 Å². The predicted molar refractivity (Wildman–Crippen MR) is 79.9 cm³/mol. The fourth-order valence-corrected chi connectivity index (χ4v) is 2.92. The number of carbonyl (C=O) groups excluding carboxylic acids is 1. The topological polar surface area (TPSA) is 97.1 Å². The van der Waals surface area contributed by atoms with Gasteiger partial charge in [0.2, 0.25) is 5.91 Å². The van der Waals surface area contributed by atoms with Crippen LogP contribution in [0, 0.1) is 0 Å². The summed E-state index contributed by atoms with van der Waals surface area (Å²) in [6.45, 7) is 1.51. The molecule has 1 amide bonds. The molecule has 2 aromatic rings. The molecule has 0 spiro atoms. The first-order valence-corrected chi connectivity index (χ1v) is 7.18. The molecule has 7 nitrogen and oxygen atoms in total. The van der Waals surface area contributed by atoms with E-state index in [4.69, 9.17) is 10.5 Å². The number of amides is 1. The second-order valence-electron chi connectivity index (χ2n) is 5.47. The second kappa shape index (κ2) is 6.25. The van der Waals surface area contributed by atoms with Crippen LogP contribution < -0.4 is 5.73 Å². The van der Waals surface area contributed by atoms with Gasteiger partial charge in [-0.2, -0.15) is 5.10 Å². The van der Waals surface area contributed by atoms with Gasteiger partial charge < -0.3 is 10.5 Å². The van der Waals surface area contributed by atoms with E-state index < -0.39 is 5.91 Å². The molecule has 116 valence electrons. The van der Waals surface area contributed by atoms with E-state index in [1.54, 1.807) is 13.2 Å². The number of nitrogens with two attached hydrogens (primary N) is 1. The number of aromatic nitrogens is 3. The molecule has 3 N–H and O–H groups in total. The van der Waals surface area contributed by atoms with Crippen LogP contribution in [0.4, 0.5) is 0 Å². The van der Waals surface area contributed by atoms with Gasteiger partial charge in [0.15, 0.2) is 0 Å². The van der Waals surface area contributed by atoms with Gasteiger partial charge in [0.1, 0.15) is 12.2 Å². The maximum Gasteiger partial charge on any atom is 0.248 e. The molecule has 0 radical (unpaired) electrons. The minimum Gasteiger partial charge on any atom is -0.380 e. The molecule has 1 aromatic heterocycles. The molecule has 2 atom stereocenters. The maximum atomic E-state index is 11.3. The van der Waals surface area contributed by atoms with Crippen LogP contribution in [0.25, 0.3) is 0 Å². The Hall–Kier alpha value is -2.25. The van der Waals surface area contributed by atoms with Gasteiger partial charge in [-0.1, -0.05) is 12.1 Å². The van der Waals surface area contributed by atoms with Gasteiger partial charge in [-0.05, 0) is 24.1 Å². The molecule has 1 fully saturated rings. The summed E-state index contributed by atoms with van der Waals surface area (Å²) < 4.78 is 5.49. The van der Waals surface area contributed by atoms with Crippen LogP contribution in [0.1, 0.15) is 34.2 Å². The number of hydrogen-bond donors (Lipinski definition) is 2. The summed E-state index contributed by atoms with van der Waals surface area (Å²) in [7, 11) is 1.72. The standard InChI is InChI=1S/C15H19N5O2/c1-22-12-6-13(15-17-9-18-19-15)20(8-12)7-10-3-2-4-11(5-10)14(16)21/h2-5,9,12-13H,6-8H2,1H3,(H2,16,21)(H,17,18,19)/t12-,13+/m1/s1. The normalized spacial score (nSPS) is 22.0. The Morgan fingerprint density at radius 2 is 2.41 bits per heavy atom. The third-order valence-electron chi connectivity index (χ3n) is 4.04. The molecule has 1 aromatic carbocycles. The fraction of sp³-hybridized carbons (Fsp3) is 0.400. The molecule has 0 saturated carbocycles. The average molecular weight is 301 g/mol. The zero-order chi connectivity index (χ0) is 15.5. The lowest BCUT2D eigenvalue weighted by Crippen LogP contribution is -2.25. The number of hydrogen-bond acceptors (Lipinski definition) is 5. The Balaban J connectivity index is 1.80. The molecule has 7 heteroatoms. The van der Waals surface area contributed by atoms with Gasteiger partial charge in [0.05, 0.1) is 12.1 Å². The number of likely N-dealkylation sites (tertiary alicyclic amines) is 1. The van der Waals surface area contributed by atoms with E-state index in [2.05, 4.69) is 20.1 Å². The lowest BCUT2D eigenvalue weighted by Gasteiger charge is -2.22. The summed E-state index contributed by atoms with van der Waals surface area (Å²) in [5.74, 6) is 0.426. The molecule has 2 heterocycles. The Labute approximate surface area is 128 Å². The first-order chi connectivity index (χ1) is 10.7. The average Bonchev–Trinajstić information content (AvgIpc) is 3.16.